The van der Waals surface area contributed by atoms with Gasteiger partial charge in [0.25, 0.3) is 10.0 Å². The summed E-state index contributed by atoms with van der Waals surface area (Å²) in [5, 5.41) is 8.58. The number of hydrogen-bond donors (Lipinski definition) is 2. The number of hydrogen-bond acceptors (Lipinski definition) is 3. The fraction of sp³-hybridized carbons (Fsp3) is 0.273. The summed E-state index contributed by atoms with van der Waals surface area (Å²) < 4.78 is 48.3. The van der Waals surface area contributed by atoms with Crippen molar-refractivity contribution in [3.63, 3.8) is 0 Å². The molecule has 0 bridgehead atoms. The molecule has 0 aromatic heterocycles. The maximum Gasteiger partial charge on any atom is 0.355 e. The molecule has 1 aromatic rings. The van der Waals surface area contributed by atoms with Crippen LogP contribution in [0.2, 0.25) is 0 Å². The zero-order chi connectivity index (χ0) is 13.8. The number of nitrogens with one attached hydrogen (secondary N) is 1. The molecular formula is C11H11F2NO3S. The molecule has 1 rings (SSSR count). The molecule has 0 spiro atoms. The number of aliphatic hydroxyl groups is 1. The van der Waals surface area contributed by atoms with Crippen LogP contribution in [0.25, 0.3) is 0 Å². The van der Waals surface area contributed by atoms with Crippen LogP contribution in [-0.4, -0.2) is 25.9 Å². The SMILES string of the molecule is Cc1ccc(NS(=O)(=O)C(F)F)c(C#CCO)c1. The maximum absolute atomic E-state index is 12.2. The monoisotopic (exact) mass is 275 g/mol. The first-order chi connectivity index (χ1) is 8.36. The van der Waals surface area contributed by atoms with Gasteiger partial charge in [-0.15, -0.1) is 0 Å². The second kappa shape index (κ2) is 5.80. The molecule has 0 radical (unpaired) electrons. The van der Waals surface area contributed by atoms with Crippen LogP contribution in [0.5, 0.6) is 0 Å². The standard InChI is InChI=1S/C11H11F2NO3S/c1-8-4-5-10(9(7-8)3-2-6-15)14-18(16,17)11(12)13/h4-5,7,11,14-15H,6H2,1H3. The van der Waals surface area contributed by atoms with E-state index in [0.717, 1.165) is 5.56 Å². The van der Waals surface area contributed by atoms with E-state index in [9.17, 15) is 17.2 Å². The summed E-state index contributed by atoms with van der Waals surface area (Å²) >= 11 is 0. The zero-order valence-corrected chi connectivity index (χ0v) is 10.3. The van der Waals surface area contributed by atoms with E-state index in [1.165, 1.54) is 12.1 Å². The van der Waals surface area contributed by atoms with Gasteiger partial charge in [-0.05, 0) is 24.6 Å². The molecule has 18 heavy (non-hydrogen) atoms. The highest BCUT2D eigenvalue weighted by Crippen LogP contribution is 2.19. The average Bonchev–Trinajstić information content (AvgIpc) is 2.29. The Kier molecular flexibility index (Phi) is 4.64. The zero-order valence-electron chi connectivity index (χ0n) is 9.44. The van der Waals surface area contributed by atoms with Crippen LogP contribution in [0, 0.1) is 18.8 Å². The van der Waals surface area contributed by atoms with Gasteiger partial charge in [-0.2, -0.15) is 8.78 Å². The number of aryl methyl sites for hydroxylation is 1. The van der Waals surface area contributed by atoms with E-state index in [1.54, 1.807) is 17.7 Å². The molecule has 4 nitrogen and oxygen atoms in total. The number of alkyl halides is 2. The first-order valence-corrected chi connectivity index (χ1v) is 6.41. The fourth-order valence-corrected chi connectivity index (χ4v) is 1.76. The Balaban J connectivity index is 3.17. The molecule has 0 saturated carbocycles. The fourth-order valence-electron chi connectivity index (χ4n) is 1.18. The third kappa shape index (κ3) is 3.68. The molecule has 2 N–H and O–H groups in total. The van der Waals surface area contributed by atoms with Gasteiger partial charge in [0.2, 0.25) is 0 Å². The summed E-state index contributed by atoms with van der Waals surface area (Å²) in [6, 6.07) is 4.44. The molecule has 0 aliphatic heterocycles. The van der Waals surface area contributed by atoms with Gasteiger partial charge in [-0.1, -0.05) is 17.9 Å². The van der Waals surface area contributed by atoms with Gasteiger partial charge in [0, 0.05) is 5.56 Å². The maximum atomic E-state index is 12.2. The van der Waals surface area contributed by atoms with Gasteiger partial charge in [0.1, 0.15) is 6.61 Å². The van der Waals surface area contributed by atoms with Crippen LogP contribution >= 0.6 is 0 Å². The highest BCUT2D eigenvalue weighted by atomic mass is 32.2. The third-order valence-electron chi connectivity index (χ3n) is 1.96. The smallest absolute Gasteiger partial charge is 0.355 e. The number of sulfonamides is 1. The van der Waals surface area contributed by atoms with Gasteiger partial charge in [-0.25, -0.2) is 8.42 Å². The lowest BCUT2D eigenvalue weighted by Gasteiger charge is -2.09. The van der Waals surface area contributed by atoms with Crippen molar-refractivity contribution in [3.8, 4) is 11.8 Å². The lowest BCUT2D eigenvalue weighted by atomic mass is 10.1. The van der Waals surface area contributed by atoms with Crippen molar-refractivity contribution in [2.45, 2.75) is 12.7 Å². The van der Waals surface area contributed by atoms with E-state index in [4.69, 9.17) is 5.11 Å². The Labute approximate surface area is 104 Å². The van der Waals surface area contributed by atoms with Crippen LogP contribution in [0.15, 0.2) is 18.2 Å². The molecule has 0 unspecified atom stereocenters. The Morgan fingerprint density at radius 3 is 2.67 bits per heavy atom. The minimum Gasteiger partial charge on any atom is -0.384 e. The van der Waals surface area contributed by atoms with Gasteiger partial charge in [0.15, 0.2) is 0 Å². The number of aliphatic hydroxyl groups excluding tert-OH is 1. The predicted octanol–water partition coefficient (Wildman–Crippen LogP) is 1.30. The predicted molar refractivity (Wildman–Crippen MR) is 63.7 cm³/mol. The highest BCUT2D eigenvalue weighted by Gasteiger charge is 2.24. The first kappa shape index (κ1) is 14.4. The van der Waals surface area contributed by atoms with Crippen molar-refractivity contribution in [3.05, 3.63) is 29.3 Å². The van der Waals surface area contributed by atoms with Crippen LogP contribution < -0.4 is 4.72 Å². The molecule has 0 amide bonds. The van der Waals surface area contributed by atoms with E-state index in [-0.39, 0.29) is 11.3 Å². The summed E-state index contributed by atoms with van der Waals surface area (Å²) in [7, 11) is -4.73. The van der Waals surface area contributed by atoms with Crippen molar-refractivity contribution in [1.29, 1.82) is 0 Å². The van der Waals surface area contributed by atoms with E-state index in [2.05, 4.69) is 11.8 Å². The van der Waals surface area contributed by atoms with Crippen molar-refractivity contribution in [2.24, 2.45) is 0 Å². The summed E-state index contributed by atoms with van der Waals surface area (Å²) in [5.41, 5.74) is 0.979. The largest absolute Gasteiger partial charge is 0.384 e. The minimum atomic E-state index is -4.73. The number of halogens is 2. The average molecular weight is 275 g/mol. The second-order valence-corrected chi connectivity index (χ2v) is 5.07. The summed E-state index contributed by atoms with van der Waals surface area (Å²) in [6.45, 7) is 1.34. The summed E-state index contributed by atoms with van der Waals surface area (Å²) in [4.78, 5) is 0. The van der Waals surface area contributed by atoms with Crippen LogP contribution in [0.3, 0.4) is 0 Å². The third-order valence-corrected chi connectivity index (χ3v) is 2.94. The molecule has 0 saturated heterocycles. The molecule has 98 valence electrons. The summed E-state index contributed by atoms with van der Waals surface area (Å²) in [5.74, 6) is 1.31. The van der Waals surface area contributed by atoms with Crippen molar-refractivity contribution in [2.75, 3.05) is 11.3 Å². The molecule has 0 heterocycles. The Bertz CT molecular complexity index is 588. The van der Waals surface area contributed by atoms with Crippen molar-refractivity contribution < 1.29 is 22.3 Å². The highest BCUT2D eigenvalue weighted by molar-refractivity contribution is 7.93. The van der Waals surface area contributed by atoms with Gasteiger partial charge in [0.05, 0.1) is 5.69 Å². The van der Waals surface area contributed by atoms with E-state index in [0.29, 0.717) is 0 Å². The lowest BCUT2D eigenvalue weighted by Crippen LogP contribution is -2.21. The van der Waals surface area contributed by atoms with Crippen LogP contribution in [0.1, 0.15) is 11.1 Å². The molecule has 0 aliphatic rings. The number of rotatable bonds is 3. The molecule has 0 aliphatic carbocycles. The lowest BCUT2D eigenvalue weighted by molar-refractivity contribution is 0.236. The van der Waals surface area contributed by atoms with Gasteiger partial charge < -0.3 is 5.11 Å². The second-order valence-electron chi connectivity index (χ2n) is 3.42. The first-order valence-electron chi connectivity index (χ1n) is 4.87. The topological polar surface area (TPSA) is 66.4 Å². The minimum absolute atomic E-state index is 0.0400. The van der Waals surface area contributed by atoms with Gasteiger partial charge in [-0.3, -0.25) is 4.72 Å². The molecule has 1 aromatic carbocycles. The molecule has 0 fully saturated rings. The van der Waals surface area contributed by atoms with E-state index < -0.39 is 22.4 Å². The van der Waals surface area contributed by atoms with E-state index in [1.807, 2.05) is 0 Å². The molecular weight excluding hydrogens is 264 g/mol. The van der Waals surface area contributed by atoms with Crippen LogP contribution in [0.4, 0.5) is 14.5 Å². The quantitative estimate of drug-likeness (QED) is 0.817. The van der Waals surface area contributed by atoms with Crippen LogP contribution in [-0.2, 0) is 10.0 Å². The Hall–Kier alpha value is -1.65. The Morgan fingerprint density at radius 2 is 2.11 bits per heavy atom. The molecule has 7 heteroatoms. The van der Waals surface area contributed by atoms with Crippen molar-refractivity contribution in [1.82, 2.24) is 0 Å². The Morgan fingerprint density at radius 1 is 1.44 bits per heavy atom. The summed E-state index contributed by atoms with van der Waals surface area (Å²) in [6.07, 6.45) is 0. The van der Waals surface area contributed by atoms with Gasteiger partial charge >= 0.3 is 5.76 Å². The molecule has 0 atom stereocenters. The number of benzene rings is 1. The normalized spacial score (nSPS) is 10.9. The number of anilines is 1. The van der Waals surface area contributed by atoms with Crippen molar-refractivity contribution >= 4 is 15.7 Å². The van der Waals surface area contributed by atoms with E-state index >= 15 is 0 Å².